The molecule has 0 aromatic carbocycles. The van der Waals surface area contributed by atoms with Gasteiger partial charge in [0.2, 0.25) is 0 Å². The molecule has 0 saturated carbocycles. The monoisotopic (exact) mass is 136 g/mol. The smallest absolute Gasteiger partial charge is 0.163 e. The highest BCUT2D eigenvalue weighted by Crippen LogP contribution is 2.22. The first kappa shape index (κ1) is 8.53. The first-order chi connectivity index (χ1) is 4.04. The van der Waals surface area contributed by atoms with E-state index in [0.29, 0.717) is 0 Å². The van der Waals surface area contributed by atoms with E-state index < -0.39 is 18.3 Å². The van der Waals surface area contributed by atoms with E-state index in [-0.39, 0.29) is 6.29 Å². The Labute approximate surface area is 53.1 Å². The zero-order valence-electron chi connectivity index (χ0n) is 5.53. The molecule has 1 atom stereocenters. The molecular weight excluding hydrogens is 126 g/mol. The van der Waals surface area contributed by atoms with Crippen molar-refractivity contribution in [2.45, 2.75) is 20.0 Å². The number of aldehydes is 1. The third-order valence-electron chi connectivity index (χ3n) is 1.21. The lowest BCUT2D eigenvalue weighted by Gasteiger charge is -2.19. The minimum Gasteiger partial charge on any atom is -0.300 e. The second-order valence-electron chi connectivity index (χ2n) is 2.66. The van der Waals surface area contributed by atoms with Crippen LogP contribution in [-0.2, 0) is 4.79 Å². The Hall–Kier alpha value is -0.470. The summed E-state index contributed by atoms with van der Waals surface area (Å²) in [5.74, 6) is 0. The number of hydrogen-bond donors (Lipinski definition) is 0. The fraction of sp³-hybridized carbons (Fsp3) is 0.833. The van der Waals surface area contributed by atoms with Gasteiger partial charge in [-0.15, -0.1) is 0 Å². The maximum Gasteiger partial charge on any atom is 0.163 e. The topological polar surface area (TPSA) is 17.1 Å². The summed E-state index contributed by atoms with van der Waals surface area (Å²) in [6, 6.07) is 0. The van der Waals surface area contributed by atoms with Gasteiger partial charge in [-0.05, 0) is 0 Å². The van der Waals surface area contributed by atoms with Crippen LogP contribution in [0.5, 0.6) is 0 Å². The third-order valence-corrected chi connectivity index (χ3v) is 1.21. The SMILES string of the molecule is CC(C)(CF)C(F)C=O. The van der Waals surface area contributed by atoms with Gasteiger partial charge in [0.1, 0.15) is 0 Å². The van der Waals surface area contributed by atoms with Crippen molar-refractivity contribution in [1.29, 1.82) is 0 Å². The van der Waals surface area contributed by atoms with Crippen molar-refractivity contribution in [3.05, 3.63) is 0 Å². The number of carbonyl (C=O) groups excluding carboxylic acids is 1. The molecule has 1 unspecified atom stereocenters. The van der Waals surface area contributed by atoms with Crippen LogP contribution in [0.3, 0.4) is 0 Å². The minimum absolute atomic E-state index is 0.125. The summed E-state index contributed by atoms with van der Waals surface area (Å²) in [4.78, 5) is 9.77. The quantitative estimate of drug-likeness (QED) is 0.537. The van der Waals surface area contributed by atoms with Crippen molar-refractivity contribution >= 4 is 6.29 Å². The van der Waals surface area contributed by atoms with E-state index in [4.69, 9.17) is 0 Å². The van der Waals surface area contributed by atoms with Gasteiger partial charge in [0.05, 0.1) is 6.67 Å². The van der Waals surface area contributed by atoms with Gasteiger partial charge in [0.15, 0.2) is 12.5 Å². The van der Waals surface area contributed by atoms with E-state index in [1.807, 2.05) is 0 Å². The maximum absolute atomic E-state index is 12.3. The lowest BCUT2D eigenvalue weighted by Crippen LogP contribution is -2.28. The summed E-state index contributed by atoms with van der Waals surface area (Å²) in [7, 11) is 0. The molecule has 0 saturated heterocycles. The largest absolute Gasteiger partial charge is 0.300 e. The van der Waals surface area contributed by atoms with Crippen LogP contribution < -0.4 is 0 Å². The average molecular weight is 136 g/mol. The molecule has 9 heavy (non-hydrogen) atoms. The molecule has 54 valence electrons. The predicted octanol–water partition coefficient (Wildman–Crippen LogP) is 1.52. The van der Waals surface area contributed by atoms with Gasteiger partial charge in [-0.1, -0.05) is 13.8 Å². The molecule has 3 heteroatoms. The molecule has 0 aromatic rings. The van der Waals surface area contributed by atoms with Gasteiger partial charge in [-0.2, -0.15) is 0 Å². The van der Waals surface area contributed by atoms with E-state index in [9.17, 15) is 13.6 Å². The Balaban J connectivity index is 3.95. The summed E-state index contributed by atoms with van der Waals surface area (Å²) in [6.07, 6.45) is -1.57. The lowest BCUT2D eigenvalue weighted by molar-refractivity contribution is -0.115. The standard InChI is InChI=1S/C6H10F2O/c1-6(2,4-7)5(8)3-9/h3,5H,4H2,1-2H3. The van der Waals surface area contributed by atoms with E-state index in [0.717, 1.165) is 0 Å². The zero-order valence-corrected chi connectivity index (χ0v) is 5.53. The van der Waals surface area contributed by atoms with Crippen molar-refractivity contribution in [2.75, 3.05) is 6.67 Å². The van der Waals surface area contributed by atoms with Crippen LogP contribution in [0.2, 0.25) is 0 Å². The fourth-order valence-electron chi connectivity index (χ4n) is 0.258. The minimum atomic E-state index is -1.69. The van der Waals surface area contributed by atoms with Gasteiger partial charge < -0.3 is 4.79 Å². The number of carbonyl (C=O) groups is 1. The van der Waals surface area contributed by atoms with Crippen molar-refractivity contribution in [1.82, 2.24) is 0 Å². The van der Waals surface area contributed by atoms with Crippen molar-refractivity contribution in [3.8, 4) is 0 Å². The Morgan fingerprint density at radius 3 is 2.22 bits per heavy atom. The first-order valence-corrected chi connectivity index (χ1v) is 2.70. The summed E-state index contributed by atoms with van der Waals surface area (Å²) in [5, 5.41) is 0. The van der Waals surface area contributed by atoms with Crippen molar-refractivity contribution in [3.63, 3.8) is 0 Å². The fourth-order valence-corrected chi connectivity index (χ4v) is 0.258. The Kier molecular flexibility index (Phi) is 2.74. The van der Waals surface area contributed by atoms with Crippen molar-refractivity contribution in [2.24, 2.45) is 5.41 Å². The molecule has 0 N–H and O–H groups in total. The Bertz CT molecular complexity index is 101. The highest BCUT2D eigenvalue weighted by molar-refractivity contribution is 5.57. The Morgan fingerprint density at radius 2 is 2.11 bits per heavy atom. The molecule has 0 bridgehead atoms. The zero-order chi connectivity index (χ0) is 7.49. The maximum atomic E-state index is 12.3. The van der Waals surface area contributed by atoms with Crippen LogP contribution in [-0.4, -0.2) is 19.1 Å². The van der Waals surface area contributed by atoms with Crippen LogP contribution in [0.15, 0.2) is 0 Å². The molecule has 0 aliphatic rings. The van der Waals surface area contributed by atoms with Crippen molar-refractivity contribution < 1.29 is 13.6 Å². The van der Waals surface area contributed by atoms with Crippen LogP contribution in [0.1, 0.15) is 13.8 Å². The average Bonchev–Trinajstić information content (AvgIpc) is 1.86. The molecule has 0 heterocycles. The van der Waals surface area contributed by atoms with Crippen LogP contribution in [0.25, 0.3) is 0 Å². The van der Waals surface area contributed by atoms with E-state index in [2.05, 4.69) is 0 Å². The molecule has 0 amide bonds. The van der Waals surface area contributed by atoms with Crippen LogP contribution in [0, 0.1) is 5.41 Å². The van der Waals surface area contributed by atoms with E-state index in [1.54, 1.807) is 0 Å². The molecule has 0 rings (SSSR count). The molecule has 1 nitrogen and oxygen atoms in total. The van der Waals surface area contributed by atoms with Gasteiger partial charge in [-0.25, -0.2) is 4.39 Å². The molecular formula is C6H10F2O. The normalized spacial score (nSPS) is 15.1. The summed E-state index contributed by atoms with van der Waals surface area (Å²) >= 11 is 0. The van der Waals surface area contributed by atoms with Crippen LogP contribution >= 0.6 is 0 Å². The number of hydrogen-bond acceptors (Lipinski definition) is 1. The summed E-state index contributed by atoms with van der Waals surface area (Å²) in [6.45, 7) is 1.92. The predicted molar refractivity (Wildman–Crippen MR) is 30.7 cm³/mol. The third kappa shape index (κ3) is 2.08. The highest BCUT2D eigenvalue weighted by atomic mass is 19.1. The summed E-state index contributed by atoms with van der Waals surface area (Å²) in [5.41, 5.74) is -1.15. The van der Waals surface area contributed by atoms with Gasteiger partial charge >= 0.3 is 0 Å². The Morgan fingerprint density at radius 1 is 1.67 bits per heavy atom. The van der Waals surface area contributed by atoms with Gasteiger partial charge in [0.25, 0.3) is 0 Å². The number of halogens is 2. The second-order valence-corrected chi connectivity index (χ2v) is 2.66. The molecule has 0 aliphatic carbocycles. The summed E-state index contributed by atoms with van der Waals surface area (Å²) < 4.78 is 24.1. The molecule has 0 aromatic heterocycles. The highest BCUT2D eigenvalue weighted by Gasteiger charge is 2.28. The number of rotatable bonds is 3. The van der Waals surface area contributed by atoms with Gasteiger partial charge in [-0.3, -0.25) is 4.39 Å². The van der Waals surface area contributed by atoms with E-state index in [1.165, 1.54) is 13.8 Å². The van der Waals surface area contributed by atoms with Crippen LogP contribution in [0.4, 0.5) is 8.78 Å². The molecule has 0 fully saturated rings. The number of alkyl halides is 2. The van der Waals surface area contributed by atoms with Gasteiger partial charge in [0, 0.05) is 5.41 Å². The molecule has 0 aliphatic heterocycles. The molecule has 0 radical (unpaired) electrons. The van der Waals surface area contributed by atoms with E-state index >= 15 is 0 Å². The second kappa shape index (κ2) is 2.90. The lowest BCUT2D eigenvalue weighted by atomic mass is 9.90. The molecule has 0 spiro atoms. The first-order valence-electron chi connectivity index (χ1n) is 2.70.